The summed E-state index contributed by atoms with van der Waals surface area (Å²) in [5, 5.41) is 3.57. The fraction of sp³-hybridized carbons (Fsp3) is 1.00. The molecule has 0 bridgehead atoms. The molecule has 0 aromatic carbocycles. The van der Waals surface area contributed by atoms with Gasteiger partial charge in [0.15, 0.2) is 0 Å². The minimum Gasteiger partial charge on any atom is -0.317 e. The van der Waals surface area contributed by atoms with Crippen molar-refractivity contribution in [3.63, 3.8) is 0 Å². The summed E-state index contributed by atoms with van der Waals surface area (Å²) in [4.78, 5) is 0. The Kier molecular flexibility index (Phi) is 7.57. The van der Waals surface area contributed by atoms with Gasteiger partial charge in [-0.1, -0.05) is 27.7 Å². The van der Waals surface area contributed by atoms with Gasteiger partial charge in [-0.25, -0.2) is 0 Å². The molecule has 0 amide bonds. The summed E-state index contributed by atoms with van der Waals surface area (Å²) in [6, 6.07) is 0. The van der Waals surface area contributed by atoms with Crippen LogP contribution >= 0.6 is 0 Å². The number of hydrogen-bond donors (Lipinski definition) is 1. The third-order valence-corrected chi connectivity index (χ3v) is 4.37. The van der Waals surface area contributed by atoms with Crippen LogP contribution in [0.5, 0.6) is 0 Å². The van der Waals surface area contributed by atoms with Crippen molar-refractivity contribution < 1.29 is 4.21 Å². The molecule has 0 aliphatic rings. The first-order chi connectivity index (χ1) is 6.09. The van der Waals surface area contributed by atoms with E-state index in [0.717, 1.165) is 25.3 Å². The van der Waals surface area contributed by atoms with Gasteiger partial charge in [-0.15, -0.1) is 0 Å². The van der Waals surface area contributed by atoms with E-state index >= 15 is 0 Å². The molecule has 0 heterocycles. The maximum Gasteiger partial charge on any atom is 0.0342 e. The Morgan fingerprint density at radius 2 is 1.92 bits per heavy atom. The molecule has 0 spiro atoms. The van der Waals surface area contributed by atoms with Crippen molar-refractivity contribution in [3.05, 3.63) is 0 Å². The fourth-order valence-corrected chi connectivity index (χ4v) is 2.41. The number of nitrogens with one attached hydrogen (secondary N) is 1. The second-order valence-electron chi connectivity index (χ2n) is 3.74. The molecule has 80 valence electrons. The molecular formula is C10H23NOS. The molecule has 2 nitrogen and oxygen atoms in total. The van der Waals surface area contributed by atoms with Crippen molar-refractivity contribution in [1.29, 1.82) is 0 Å². The molecule has 0 saturated heterocycles. The first-order valence-corrected chi connectivity index (χ1v) is 6.55. The number of rotatable bonds is 7. The normalized spacial score (nSPS) is 16.1. The highest BCUT2D eigenvalue weighted by Crippen LogP contribution is 2.08. The monoisotopic (exact) mass is 205 g/mol. The lowest BCUT2D eigenvalue weighted by molar-refractivity contribution is 0.601. The highest BCUT2D eigenvalue weighted by Gasteiger charge is 2.13. The molecule has 0 rings (SSSR count). The summed E-state index contributed by atoms with van der Waals surface area (Å²) in [5.41, 5.74) is 0. The minimum absolute atomic E-state index is 0.335. The van der Waals surface area contributed by atoms with Gasteiger partial charge in [-0.05, 0) is 25.4 Å². The first kappa shape index (κ1) is 13.1. The van der Waals surface area contributed by atoms with Crippen LogP contribution in [0, 0.1) is 5.92 Å². The standard InChI is InChI=1S/C10H23NOS/c1-5-11-7-6-8-13(12)10(4)9(2)3/h9-11H,5-8H2,1-4H3. The Morgan fingerprint density at radius 1 is 1.31 bits per heavy atom. The maximum atomic E-state index is 11.6. The summed E-state index contributed by atoms with van der Waals surface area (Å²) < 4.78 is 11.6. The summed E-state index contributed by atoms with van der Waals surface area (Å²) in [5.74, 6) is 1.37. The Balaban J connectivity index is 3.50. The Morgan fingerprint density at radius 3 is 2.38 bits per heavy atom. The van der Waals surface area contributed by atoms with Crippen LogP contribution in [-0.4, -0.2) is 28.3 Å². The lowest BCUT2D eigenvalue weighted by atomic mass is 10.2. The lowest BCUT2D eigenvalue weighted by Crippen LogP contribution is -2.22. The lowest BCUT2D eigenvalue weighted by Gasteiger charge is -2.14. The zero-order valence-corrected chi connectivity index (χ0v) is 10.1. The average molecular weight is 205 g/mol. The van der Waals surface area contributed by atoms with E-state index in [2.05, 4.69) is 33.0 Å². The quantitative estimate of drug-likeness (QED) is 0.642. The SMILES string of the molecule is CCNCCCS(=O)C(C)C(C)C. The Labute approximate surface area is 84.9 Å². The molecule has 0 aromatic heterocycles. The molecule has 0 saturated carbocycles. The molecule has 0 radical (unpaired) electrons. The van der Waals surface area contributed by atoms with Crippen LogP contribution in [0.4, 0.5) is 0 Å². The van der Waals surface area contributed by atoms with Crippen LogP contribution in [0.25, 0.3) is 0 Å². The van der Waals surface area contributed by atoms with Gasteiger partial charge in [-0.3, -0.25) is 4.21 Å². The molecule has 13 heavy (non-hydrogen) atoms. The van der Waals surface area contributed by atoms with Crippen molar-refractivity contribution in [3.8, 4) is 0 Å². The summed E-state index contributed by atoms with van der Waals surface area (Å²) in [6.07, 6.45) is 1.03. The summed E-state index contributed by atoms with van der Waals surface area (Å²) in [6.45, 7) is 10.4. The highest BCUT2D eigenvalue weighted by molar-refractivity contribution is 7.85. The van der Waals surface area contributed by atoms with Gasteiger partial charge < -0.3 is 5.32 Å². The van der Waals surface area contributed by atoms with E-state index < -0.39 is 10.8 Å². The highest BCUT2D eigenvalue weighted by atomic mass is 32.2. The van der Waals surface area contributed by atoms with Crippen molar-refractivity contribution in [2.45, 2.75) is 39.4 Å². The summed E-state index contributed by atoms with van der Waals surface area (Å²) in [7, 11) is -0.638. The molecule has 3 heteroatoms. The van der Waals surface area contributed by atoms with E-state index in [-0.39, 0.29) is 0 Å². The summed E-state index contributed by atoms with van der Waals surface area (Å²) >= 11 is 0. The van der Waals surface area contributed by atoms with Gasteiger partial charge >= 0.3 is 0 Å². The Hall–Kier alpha value is 0.110. The molecule has 0 aliphatic carbocycles. The Bertz CT molecular complexity index is 148. The van der Waals surface area contributed by atoms with Crippen molar-refractivity contribution in [1.82, 2.24) is 5.32 Å². The van der Waals surface area contributed by atoms with E-state index in [1.165, 1.54) is 0 Å². The van der Waals surface area contributed by atoms with Gasteiger partial charge in [0.2, 0.25) is 0 Å². The van der Waals surface area contributed by atoms with E-state index in [1.807, 2.05) is 0 Å². The van der Waals surface area contributed by atoms with Crippen LogP contribution in [0.15, 0.2) is 0 Å². The molecule has 0 fully saturated rings. The average Bonchev–Trinajstić information content (AvgIpc) is 2.10. The first-order valence-electron chi connectivity index (χ1n) is 5.17. The van der Waals surface area contributed by atoms with Crippen LogP contribution in [0.3, 0.4) is 0 Å². The molecular weight excluding hydrogens is 182 g/mol. The van der Waals surface area contributed by atoms with Crippen molar-refractivity contribution >= 4 is 10.8 Å². The largest absolute Gasteiger partial charge is 0.317 e. The third kappa shape index (κ3) is 6.22. The van der Waals surface area contributed by atoms with E-state index in [4.69, 9.17) is 0 Å². The predicted molar refractivity (Wildman–Crippen MR) is 60.5 cm³/mol. The van der Waals surface area contributed by atoms with Crippen molar-refractivity contribution in [2.24, 2.45) is 5.92 Å². The van der Waals surface area contributed by atoms with Crippen LogP contribution in [0.2, 0.25) is 0 Å². The van der Waals surface area contributed by atoms with E-state index in [0.29, 0.717) is 11.2 Å². The molecule has 2 atom stereocenters. The molecule has 2 unspecified atom stereocenters. The fourth-order valence-electron chi connectivity index (χ4n) is 1.01. The number of hydrogen-bond acceptors (Lipinski definition) is 2. The van der Waals surface area contributed by atoms with Gasteiger partial charge in [0.1, 0.15) is 0 Å². The van der Waals surface area contributed by atoms with Crippen LogP contribution < -0.4 is 5.32 Å². The third-order valence-electron chi connectivity index (χ3n) is 2.30. The second kappa shape index (κ2) is 7.51. The van der Waals surface area contributed by atoms with E-state index in [1.54, 1.807) is 0 Å². The zero-order valence-electron chi connectivity index (χ0n) is 9.30. The van der Waals surface area contributed by atoms with Gasteiger partial charge in [0.05, 0.1) is 0 Å². The van der Waals surface area contributed by atoms with E-state index in [9.17, 15) is 4.21 Å². The van der Waals surface area contributed by atoms with Gasteiger partial charge in [0, 0.05) is 21.8 Å². The van der Waals surface area contributed by atoms with Crippen molar-refractivity contribution in [2.75, 3.05) is 18.8 Å². The molecule has 0 aromatic rings. The topological polar surface area (TPSA) is 29.1 Å². The predicted octanol–water partition coefficient (Wildman–Crippen LogP) is 1.78. The molecule has 1 N–H and O–H groups in total. The van der Waals surface area contributed by atoms with Crippen LogP contribution in [0.1, 0.15) is 34.1 Å². The van der Waals surface area contributed by atoms with Gasteiger partial charge in [-0.2, -0.15) is 0 Å². The minimum atomic E-state index is -0.638. The smallest absolute Gasteiger partial charge is 0.0342 e. The maximum absolute atomic E-state index is 11.6. The van der Waals surface area contributed by atoms with Gasteiger partial charge in [0.25, 0.3) is 0 Å². The molecule has 0 aliphatic heterocycles. The van der Waals surface area contributed by atoms with Crippen LogP contribution in [-0.2, 0) is 10.8 Å². The zero-order chi connectivity index (χ0) is 10.3. The second-order valence-corrected chi connectivity index (χ2v) is 5.65.